The van der Waals surface area contributed by atoms with Crippen LogP contribution in [-0.4, -0.2) is 87.3 Å². The van der Waals surface area contributed by atoms with Crippen molar-refractivity contribution in [2.24, 2.45) is 0 Å². The van der Waals surface area contributed by atoms with Gasteiger partial charge in [-0.1, -0.05) is 13.8 Å². The average Bonchev–Trinajstić information content (AvgIpc) is 3.37. The van der Waals surface area contributed by atoms with Crippen molar-refractivity contribution in [3.05, 3.63) is 0 Å². The number of sulfonamides is 2. The fraction of sp³-hybridized carbons (Fsp3) is 0.895. The Bertz CT molecular complexity index is 760. The zero-order valence-electron chi connectivity index (χ0n) is 18.3. The molecule has 0 aliphatic carbocycles. The van der Waals surface area contributed by atoms with Gasteiger partial charge in [-0.15, -0.1) is 0 Å². The molecule has 0 bridgehead atoms. The first-order chi connectivity index (χ1) is 14.6. The van der Waals surface area contributed by atoms with Crippen molar-refractivity contribution in [1.82, 2.24) is 8.61 Å². The summed E-state index contributed by atoms with van der Waals surface area (Å²) in [5.74, 6) is -1.18. The van der Waals surface area contributed by atoms with Gasteiger partial charge in [-0.05, 0) is 38.5 Å². The van der Waals surface area contributed by atoms with Gasteiger partial charge in [0.05, 0.1) is 24.7 Å². The van der Waals surface area contributed by atoms with E-state index in [0.717, 1.165) is 0 Å². The molecule has 0 aromatic heterocycles. The molecule has 2 aliphatic heterocycles. The molecule has 12 heteroatoms. The maximum absolute atomic E-state index is 12.3. The van der Waals surface area contributed by atoms with Gasteiger partial charge in [0.25, 0.3) is 0 Å². The first-order valence-corrected chi connectivity index (χ1v) is 14.2. The summed E-state index contributed by atoms with van der Waals surface area (Å²) in [6.45, 7) is 4.16. The Morgan fingerprint density at radius 2 is 1.16 bits per heavy atom. The Kier molecular flexibility index (Phi) is 9.71. The van der Waals surface area contributed by atoms with Crippen LogP contribution < -0.4 is 0 Å². The highest BCUT2D eigenvalue weighted by atomic mass is 32.2. The largest absolute Gasteiger partial charge is 0.464 e. The summed E-state index contributed by atoms with van der Waals surface area (Å²) in [5, 5.41) is 0. The lowest BCUT2D eigenvalue weighted by Crippen LogP contribution is -2.42. The van der Waals surface area contributed by atoms with Crippen molar-refractivity contribution in [3.8, 4) is 0 Å². The minimum absolute atomic E-state index is 0.00110. The second kappa shape index (κ2) is 11.6. The van der Waals surface area contributed by atoms with Crippen molar-refractivity contribution in [2.75, 3.05) is 37.8 Å². The summed E-state index contributed by atoms with van der Waals surface area (Å²) in [5.41, 5.74) is 0. The molecule has 2 aliphatic rings. The highest BCUT2D eigenvalue weighted by Crippen LogP contribution is 2.24. The van der Waals surface area contributed by atoms with Gasteiger partial charge in [0.15, 0.2) is 0 Å². The summed E-state index contributed by atoms with van der Waals surface area (Å²) in [4.78, 5) is 24.6. The van der Waals surface area contributed by atoms with Crippen LogP contribution in [0.1, 0.15) is 58.8 Å². The van der Waals surface area contributed by atoms with E-state index in [-0.39, 0.29) is 31.1 Å². The van der Waals surface area contributed by atoms with Gasteiger partial charge in [-0.2, -0.15) is 8.61 Å². The zero-order chi connectivity index (χ0) is 23.1. The van der Waals surface area contributed by atoms with Gasteiger partial charge in [-0.25, -0.2) is 16.8 Å². The van der Waals surface area contributed by atoms with E-state index in [9.17, 15) is 26.4 Å². The van der Waals surface area contributed by atoms with Gasteiger partial charge < -0.3 is 9.47 Å². The summed E-state index contributed by atoms with van der Waals surface area (Å²) >= 11 is 0. The Balaban J connectivity index is 1.75. The van der Waals surface area contributed by atoms with E-state index in [4.69, 9.17) is 9.47 Å². The summed E-state index contributed by atoms with van der Waals surface area (Å²) < 4.78 is 62.0. The van der Waals surface area contributed by atoms with E-state index in [2.05, 4.69) is 0 Å². The van der Waals surface area contributed by atoms with Crippen molar-refractivity contribution in [3.63, 3.8) is 0 Å². The van der Waals surface area contributed by atoms with Crippen LogP contribution in [0.4, 0.5) is 0 Å². The van der Waals surface area contributed by atoms with Crippen LogP contribution in [0, 0.1) is 0 Å². The SMILES string of the molecule is CCCS(=O)(=O)N1CCCC1C(=O)OCCCOC(=O)C1CCCN1S(=O)(=O)CCC. The number of carbonyl (C=O) groups is 2. The number of esters is 2. The molecule has 0 radical (unpaired) electrons. The zero-order valence-corrected chi connectivity index (χ0v) is 20.0. The van der Waals surface area contributed by atoms with Crippen molar-refractivity contribution < 1.29 is 35.9 Å². The topological polar surface area (TPSA) is 127 Å². The minimum atomic E-state index is -3.47. The van der Waals surface area contributed by atoms with Gasteiger partial charge in [0.2, 0.25) is 20.0 Å². The molecular formula is C19H34N2O8S2. The molecule has 180 valence electrons. The van der Waals surface area contributed by atoms with Crippen LogP contribution in [0.2, 0.25) is 0 Å². The molecule has 0 saturated carbocycles. The summed E-state index contributed by atoms with van der Waals surface area (Å²) in [6.07, 6.45) is 3.29. The lowest BCUT2D eigenvalue weighted by atomic mass is 10.2. The minimum Gasteiger partial charge on any atom is -0.464 e. The first kappa shape index (κ1) is 26.0. The summed E-state index contributed by atoms with van der Waals surface area (Å²) in [7, 11) is -6.94. The Morgan fingerprint density at radius 1 is 0.774 bits per heavy atom. The smallest absolute Gasteiger partial charge is 0.324 e. The Labute approximate surface area is 185 Å². The number of nitrogens with zero attached hydrogens (tertiary/aromatic N) is 2. The molecule has 2 fully saturated rings. The predicted octanol–water partition coefficient (Wildman–Crippen LogP) is 0.871. The standard InChI is InChI=1S/C19H34N2O8S2/c1-3-14-30(24,25)20-10-5-8-16(20)18(22)28-12-7-13-29-19(23)17-9-6-11-21(17)31(26,27)15-4-2/h16-17H,3-15H2,1-2H3. The van der Waals surface area contributed by atoms with Crippen molar-refractivity contribution in [1.29, 1.82) is 0 Å². The van der Waals surface area contributed by atoms with Crippen LogP contribution in [0.3, 0.4) is 0 Å². The Hall–Kier alpha value is -1.24. The van der Waals surface area contributed by atoms with Crippen LogP contribution in [0.25, 0.3) is 0 Å². The van der Waals surface area contributed by atoms with Crippen LogP contribution in [0.5, 0.6) is 0 Å². The lowest BCUT2D eigenvalue weighted by molar-refractivity contribution is -0.150. The molecule has 31 heavy (non-hydrogen) atoms. The average molecular weight is 483 g/mol. The van der Waals surface area contributed by atoms with Crippen molar-refractivity contribution >= 4 is 32.0 Å². The van der Waals surface area contributed by atoms with Crippen molar-refractivity contribution in [2.45, 2.75) is 70.9 Å². The first-order valence-electron chi connectivity index (χ1n) is 11.0. The van der Waals surface area contributed by atoms with Gasteiger partial charge in [0.1, 0.15) is 12.1 Å². The van der Waals surface area contributed by atoms with E-state index < -0.39 is 44.1 Å². The predicted molar refractivity (Wildman–Crippen MR) is 114 cm³/mol. The van der Waals surface area contributed by atoms with Gasteiger partial charge >= 0.3 is 11.9 Å². The monoisotopic (exact) mass is 482 g/mol. The number of ether oxygens (including phenoxy) is 2. The van der Waals surface area contributed by atoms with E-state index in [1.807, 2.05) is 0 Å². The highest BCUT2D eigenvalue weighted by molar-refractivity contribution is 7.89. The molecule has 2 atom stereocenters. The van der Waals surface area contributed by atoms with E-state index >= 15 is 0 Å². The molecule has 2 heterocycles. The maximum Gasteiger partial charge on any atom is 0.324 e. The Morgan fingerprint density at radius 3 is 1.52 bits per heavy atom. The van der Waals surface area contributed by atoms with E-state index in [0.29, 0.717) is 51.6 Å². The fourth-order valence-electron chi connectivity index (χ4n) is 3.96. The van der Waals surface area contributed by atoms with Crippen LogP contribution in [0.15, 0.2) is 0 Å². The molecule has 0 aromatic carbocycles. The quantitative estimate of drug-likeness (QED) is 0.296. The van der Waals surface area contributed by atoms with Crippen LogP contribution >= 0.6 is 0 Å². The highest BCUT2D eigenvalue weighted by Gasteiger charge is 2.40. The maximum atomic E-state index is 12.3. The van der Waals surface area contributed by atoms with Gasteiger partial charge in [-0.3, -0.25) is 9.59 Å². The molecule has 0 amide bonds. The number of carbonyl (C=O) groups excluding carboxylic acids is 2. The number of hydrogen-bond acceptors (Lipinski definition) is 8. The third kappa shape index (κ3) is 6.87. The van der Waals surface area contributed by atoms with E-state index in [1.165, 1.54) is 8.61 Å². The lowest BCUT2D eigenvalue weighted by Gasteiger charge is -2.23. The fourth-order valence-corrected chi connectivity index (χ4v) is 7.44. The molecular weight excluding hydrogens is 448 g/mol. The molecule has 2 unspecified atom stereocenters. The molecule has 0 N–H and O–H groups in total. The van der Waals surface area contributed by atoms with Gasteiger partial charge in [0, 0.05) is 19.5 Å². The second-order valence-electron chi connectivity index (χ2n) is 7.86. The third-order valence-electron chi connectivity index (χ3n) is 5.37. The summed E-state index contributed by atoms with van der Waals surface area (Å²) in [6, 6.07) is -1.59. The van der Waals surface area contributed by atoms with E-state index in [1.54, 1.807) is 13.8 Å². The number of rotatable bonds is 12. The molecule has 0 aromatic rings. The second-order valence-corrected chi connectivity index (χ2v) is 11.9. The molecule has 10 nitrogen and oxygen atoms in total. The number of hydrogen-bond donors (Lipinski definition) is 0. The molecule has 2 saturated heterocycles. The molecule has 2 rings (SSSR count). The van der Waals surface area contributed by atoms with Crippen LogP contribution in [-0.2, 0) is 39.1 Å². The molecule has 0 spiro atoms. The third-order valence-corrected chi connectivity index (χ3v) is 9.52. The normalized spacial score (nSPS) is 23.2.